The number of aryl methyl sites for hydroxylation is 1. The summed E-state index contributed by atoms with van der Waals surface area (Å²) in [5, 5.41) is 6.75. The molecule has 1 aliphatic heterocycles. The molecule has 76 valence electrons. The second-order valence-electron chi connectivity index (χ2n) is 4.25. The Morgan fingerprint density at radius 3 is 3.29 bits per heavy atom. The Morgan fingerprint density at radius 2 is 2.50 bits per heavy atom. The van der Waals surface area contributed by atoms with Crippen LogP contribution in [0.15, 0.2) is 11.4 Å². The fourth-order valence-corrected chi connectivity index (χ4v) is 5.23. The molecule has 1 fully saturated rings. The molecule has 1 nitrogen and oxygen atoms in total. The second-order valence-corrected chi connectivity index (χ2v) is 6.99. The van der Waals surface area contributed by atoms with Crippen molar-refractivity contribution < 1.29 is 0 Å². The van der Waals surface area contributed by atoms with Crippen LogP contribution in [-0.4, -0.2) is 11.8 Å². The van der Waals surface area contributed by atoms with Crippen molar-refractivity contribution in [1.82, 2.24) is 5.32 Å². The molecule has 0 saturated carbocycles. The first-order chi connectivity index (χ1) is 6.80. The quantitative estimate of drug-likeness (QED) is 0.728. The molecule has 3 heteroatoms. The predicted molar refractivity (Wildman–Crippen MR) is 64.0 cm³/mol. The summed E-state index contributed by atoms with van der Waals surface area (Å²) >= 11 is 4.07. The maximum Gasteiger partial charge on any atom is 0.0915 e. The number of thiophene rings is 1. The summed E-state index contributed by atoms with van der Waals surface area (Å²) in [6, 6.07) is 2.33. The zero-order chi connectivity index (χ0) is 9.60. The Morgan fingerprint density at radius 1 is 1.57 bits per heavy atom. The molecule has 0 bridgehead atoms. The summed E-state index contributed by atoms with van der Waals surface area (Å²) in [6.07, 6.45) is 3.96. The summed E-state index contributed by atoms with van der Waals surface area (Å²) in [5.74, 6) is 0. The Kier molecular flexibility index (Phi) is 2.15. The van der Waals surface area contributed by atoms with Crippen molar-refractivity contribution >= 4 is 23.1 Å². The van der Waals surface area contributed by atoms with Gasteiger partial charge in [0.1, 0.15) is 0 Å². The SMILES string of the molecule is CC1CNC2(CCCc3sccc32)S1. The smallest absolute Gasteiger partial charge is 0.0915 e. The number of hydrogen-bond donors (Lipinski definition) is 1. The van der Waals surface area contributed by atoms with Crippen LogP contribution in [0, 0.1) is 0 Å². The first-order valence-electron chi connectivity index (χ1n) is 5.30. The van der Waals surface area contributed by atoms with E-state index >= 15 is 0 Å². The standard InChI is InChI=1S/C11H15NS2/c1-8-7-12-11(14-8)5-2-3-10-9(11)4-6-13-10/h4,6,8,12H,2-3,5,7H2,1H3. The molecule has 0 aromatic carbocycles. The van der Waals surface area contributed by atoms with Crippen LogP contribution >= 0.6 is 23.1 Å². The van der Waals surface area contributed by atoms with Crippen LogP contribution < -0.4 is 5.32 Å². The first kappa shape index (κ1) is 9.25. The maximum absolute atomic E-state index is 3.73. The Balaban J connectivity index is 2.03. The maximum atomic E-state index is 3.73. The third-order valence-electron chi connectivity index (χ3n) is 3.19. The molecule has 2 atom stereocenters. The minimum absolute atomic E-state index is 0.285. The van der Waals surface area contributed by atoms with Crippen LogP contribution in [0.1, 0.15) is 30.2 Å². The lowest BCUT2D eigenvalue weighted by Crippen LogP contribution is -2.36. The fraction of sp³-hybridized carbons (Fsp3) is 0.636. The van der Waals surface area contributed by atoms with Crippen LogP contribution in [0.25, 0.3) is 0 Å². The van der Waals surface area contributed by atoms with Gasteiger partial charge >= 0.3 is 0 Å². The van der Waals surface area contributed by atoms with Crippen molar-refractivity contribution in [3.8, 4) is 0 Å². The van der Waals surface area contributed by atoms with Crippen LogP contribution in [0.3, 0.4) is 0 Å². The molecule has 1 aromatic rings. The molecule has 2 heterocycles. The fourth-order valence-electron chi connectivity index (χ4n) is 2.57. The van der Waals surface area contributed by atoms with E-state index in [0.29, 0.717) is 0 Å². The van der Waals surface area contributed by atoms with Crippen LogP contribution in [0.5, 0.6) is 0 Å². The molecule has 1 aromatic heterocycles. The van der Waals surface area contributed by atoms with E-state index in [9.17, 15) is 0 Å². The Labute approximate surface area is 93.3 Å². The highest BCUT2D eigenvalue weighted by Crippen LogP contribution is 2.49. The van der Waals surface area contributed by atoms with Crippen LogP contribution in [-0.2, 0) is 11.3 Å². The first-order valence-corrected chi connectivity index (χ1v) is 7.06. The third kappa shape index (κ3) is 1.26. The minimum Gasteiger partial charge on any atom is -0.298 e. The highest BCUT2D eigenvalue weighted by molar-refractivity contribution is 8.01. The van der Waals surface area contributed by atoms with E-state index < -0.39 is 0 Å². The lowest BCUT2D eigenvalue weighted by molar-refractivity contribution is 0.445. The number of fused-ring (bicyclic) bond motifs is 2. The van der Waals surface area contributed by atoms with Gasteiger partial charge < -0.3 is 0 Å². The minimum atomic E-state index is 0.285. The average molecular weight is 225 g/mol. The number of hydrogen-bond acceptors (Lipinski definition) is 3. The average Bonchev–Trinajstić information content (AvgIpc) is 2.75. The molecule has 3 rings (SSSR count). The van der Waals surface area contributed by atoms with E-state index in [-0.39, 0.29) is 4.87 Å². The highest BCUT2D eigenvalue weighted by atomic mass is 32.2. The normalized spacial score (nSPS) is 36.2. The summed E-state index contributed by atoms with van der Waals surface area (Å²) in [5.41, 5.74) is 1.59. The van der Waals surface area contributed by atoms with Gasteiger partial charge in [0.05, 0.1) is 4.87 Å². The molecule has 1 N–H and O–H groups in total. The van der Waals surface area contributed by atoms with Gasteiger partial charge in [-0.3, -0.25) is 5.32 Å². The lowest BCUT2D eigenvalue weighted by atomic mass is 9.93. The zero-order valence-corrected chi connectivity index (χ0v) is 10.0. The molecule has 1 aliphatic carbocycles. The third-order valence-corrected chi connectivity index (χ3v) is 5.71. The summed E-state index contributed by atoms with van der Waals surface area (Å²) < 4.78 is 0. The van der Waals surface area contributed by atoms with E-state index in [1.54, 1.807) is 10.4 Å². The highest BCUT2D eigenvalue weighted by Gasteiger charge is 2.42. The van der Waals surface area contributed by atoms with Gasteiger partial charge in [-0.2, -0.15) is 0 Å². The van der Waals surface area contributed by atoms with Crippen molar-refractivity contribution in [3.05, 3.63) is 21.9 Å². The monoisotopic (exact) mass is 225 g/mol. The number of rotatable bonds is 0. The van der Waals surface area contributed by atoms with Gasteiger partial charge in [0.15, 0.2) is 0 Å². The zero-order valence-electron chi connectivity index (χ0n) is 8.38. The van der Waals surface area contributed by atoms with Crippen LogP contribution in [0.2, 0.25) is 0 Å². The van der Waals surface area contributed by atoms with Gasteiger partial charge in [-0.15, -0.1) is 23.1 Å². The molecule has 0 amide bonds. The molecular weight excluding hydrogens is 210 g/mol. The van der Waals surface area contributed by atoms with Gasteiger partial charge in [-0.1, -0.05) is 6.92 Å². The van der Waals surface area contributed by atoms with E-state index in [1.165, 1.54) is 25.8 Å². The van der Waals surface area contributed by atoms with Crippen molar-refractivity contribution in [1.29, 1.82) is 0 Å². The van der Waals surface area contributed by atoms with Crippen molar-refractivity contribution in [2.24, 2.45) is 0 Å². The predicted octanol–water partition coefficient (Wildman–Crippen LogP) is 2.96. The van der Waals surface area contributed by atoms with Gasteiger partial charge in [-0.05, 0) is 36.3 Å². The number of thioether (sulfide) groups is 1. The van der Waals surface area contributed by atoms with E-state index in [1.807, 2.05) is 11.3 Å². The van der Waals surface area contributed by atoms with Crippen molar-refractivity contribution in [2.75, 3.05) is 6.54 Å². The van der Waals surface area contributed by atoms with E-state index in [0.717, 1.165) is 5.25 Å². The molecule has 14 heavy (non-hydrogen) atoms. The van der Waals surface area contributed by atoms with Gasteiger partial charge in [0, 0.05) is 16.7 Å². The van der Waals surface area contributed by atoms with Crippen molar-refractivity contribution in [3.63, 3.8) is 0 Å². The second kappa shape index (κ2) is 3.26. The number of nitrogens with one attached hydrogen (secondary N) is 1. The van der Waals surface area contributed by atoms with Gasteiger partial charge in [0.25, 0.3) is 0 Å². The van der Waals surface area contributed by atoms with Crippen molar-refractivity contribution in [2.45, 2.75) is 36.3 Å². The molecule has 2 aliphatic rings. The summed E-state index contributed by atoms with van der Waals surface area (Å²) in [7, 11) is 0. The molecular formula is C11H15NS2. The van der Waals surface area contributed by atoms with Gasteiger partial charge in [-0.25, -0.2) is 0 Å². The van der Waals surface area contributed by atoms with Gasteiger partial charge in [0.2, 0.25) is 0 Å². The Hall–Kier alpha value is 0.01000. The van der Waals surface area contributed by atoms with E-state index in [2.05, 4.69) is 35.4 Å². The lowest BCUT2D eigenvalue weighted by Gasteiger charge is -2.33. The summed E-state index contributed by atoms with van der Waals surface area (Å²) in [6.45, 7) is 3.49. The molecule has 1 spiro atoms. The van der Waals surface area contributed by atoms with Crippen LogP contribution in [0.4, 0.5) is 0 Å². The van der Waals surface area contributed by atoms with E-state index in [4.69, 9.17) is 0 Å². The summed E-state index contributed by atoms with van der Waals surface area (Å²) in [4.78, 5) is 1.90. The topological polar surface area (TPSA) is 12.0 Å². The largest absolute Gasteiger partial charge is 0.298 e. The molecule has 2 unspecified atom stereocenters. The molecule has 0 radical (unpaired) electrons. The molecule has 1 saturated heterocycles. The Bertz CT molecular complexity index is 347.